The van der Waals surface area contributed by atoms with Gasteiger partial charge in [0.1, 0.15) is 17.1 Å². The van der Waals surface area contributed by atoms with Crippen molar-refractivity contribution < 1.29 is 13.9 Å². The number of primary amides is 1. The van der Waals surface area contributed by atoms with Crippen molar-refractivity contribution in [1.82, 2.24) is 0 Å². The van der Waals surface area contributed by atoms with Gasteiger partial charge in [-0.15, -0.1) is 11.8 Å². The molecule has 0 aliphatic carbocycles. The molecule has 0 saturated heterocycles. The molecule has 0 atom stereocenters. The molecule has 0 saturated carbocycles. The van der Waals surface area contributed by atoms with E-state index >= 15 is 0 Å². The molecule has 0 radical (unpaired) electrons. The lowest BCUT2D eigenvalue weighted by atomic mass is 10.1. The van der Waals surface area contributed by atoms with E-state index in [-0.39, 0.29) is 0 Å². The first-order valence-electron chi connectivity index (χ1n) is 6.76. The van der Waals surface area contributed by atoms with E-state index in [4.69, 9.17) is 14.9 Å². The number of carbonyl (C=O) groups excluding carboxylic acids is 1. The average molecular weight is 313 g/mol. The molecule has 0 aliphatic heterocycles. The van der Waals surface area contributed by atoms with Gasteiger partial charge in [0.05, 0.1) is 18.4 Å². The summed E-state index contributed by atoms with van der Waals surface area (Å²) in [5.74, 6) is 1.30. The predicted molar refractivity (Wildman–Crippen MR) is 87.3 cm³/mol. The molecule has 22 heavy (non-hydrogen) atoms. The Morgan fingerprint density at radius 2 is 2.00 bits per heavy atom. The van der Waals surface area contributed by atoms with Crippen molar-refractivity contribution in [3.05, 3.63) is 59.9 Å². The van der Waals surface area contributed by atoms with Gasteiger partial charge in [-0.3, -0.25) is 4.79 Å². The molecule has 1 aromatic heterocycles. The second kappa shape index (κ2) is 6.15. The highest BCUT2D eigenvalue weighted by Crippen LogP contribution is 2.33. The molecule has 4 nitrogen and oxygen atoms in total. The summed E-state index contributed by atoms with van der Waals surface area (Å²) in [6, 6.07) is 15.3. The second-order valence-electron chi connectivity index (χ2n) is 4.73. The molecule has 1 heterocycles. The fourth-order valence-electron chi connectivity index (χ4n) is 2.29. The molecule has 2 aromatic carbocycles. The number of rotatable bonds is 5. The minimum atomic E-state index is -0.490. The maximum absolute atomic E-state index is 11.8. The molecule has 112 valence electrons. The maximum Gasteiger partial charge on any atom is 0.252 e. The van der Waals surface area contributed by atoms with E-state index in [0.29, 0.717) is 33.8 Å². The van der Waals surface area contributed by atoms with Crippen molar-refractivity contribution in [1.29, 1.82) is 0 Å². The molecule has 0 spiro atoms. The van der Waals surface area contributed by atoms with Gasteiger partial charge in [-0.1, -0.05) is 18.2 Å². The Balaban J connectivity index is 1.98. The van der Waals surface area contributed by atoms with Gasteiger partial charge < -0.3 is 14.9 Å². The number of hydrogen-bond donors (Lipinski definition) is 1. The zero-order valence-electron chi connectivity index (χ0n) is 12.0. The van der Waals surface area contributed by atoms with Gasteiger partial charge in [-0.25, -0.2) is 0 Å². The summed E-state index contributed by atoms with van der Waals surface area (Å²) in [4.78, 5) is 12.9. The minimum Gasteiger partial charge on any atom is -0.497 e. The Hall–Kier alpha value is -2.40. The first-order valence-corrected chi connectivity index (χ1v) is 7.74. The number of thioether (sulfide) groups is 1. The van der Waals surface area contributed by atoms with Crippen molar-refractivity contribution in [2.24, 2.45) is 5.73 Å². The molecule has 5 heteroatoms. The number of nitrogens with two attached hydrogens (primary N) is 1. The summed E-state index contributed by atoms with van der Waals surface area (Å²) >= 11 is 1.60. The molecular formula is C17H15NO3S. The topological polar surface area (TPSA) is 65.5 Å². The predicted octanol–water partition coefficient (Wildman–Crippen LogP) is 3.83. The number of hydrogen-bond acceptors (Lipinski definition) is 4. The maximum atomic E-state index is 11.8. The monoisotopic (exact) mass is 313 g/mol. The van der Waals surface area contributed by atoms with Crippen LogP contribution in [0.15, 0.2) is 57.8 Å². The third-order valence-corrected chi connectivity index (χ3v) is 4.34. The number of carbonyl (C=O) groups is 1. The van der Waals surface area contributed by atoms with Crippen molar-refractivity contribution >= 4 is 28.6 Å². The Kier molecular flexibility index (Phi) is 4.06. The van der Waals surface area contributed by atoms with Crippen LogP contribution < -0.4 is 10.5 Å². The van der Waals surface area contributed by atoms with E-state index in [9.17, 15) is 4.79 Å². The van der Waals surface area contributed by atoms with Crippen LogP contribution in [0, 0.1) is 0 Å². The molecular weight excluding hydrogens is 298 g/mol. The van der Waals surface area contributed by atoms with Crippen LogP contribution in [0.4, 0.5) is 0 Å². The summed E-state index contributed by atoms with van der Waals surface area (Å²) in [5.41, 5.74) is 6.60. The smallest absolute Gasteiger partial charge is 0.252 e. The van der Waals surface area contributed by atoms with Crippen LogP contribution in [-0.4, -0.2) is 13.0 Å². The zero-order chi connectivity index (χ0) is 15.5. The van der Waals surface area contributed by atoms with Gasteiger partial charge in [0.2, 0.25) is 0 Å². The van der Waals surface area contributed by atoms with Crippen molar-refractivity contribution in [2.45, 2.75) is 10.6 Å². The summed E-state index contributed by atoms with van der Waals surface area (Å²) in [6.07, 6.45) is 0. The molecule has 0 aliphatic rings. The zero-order valence-corrected chi connectivity index (χ0v) is 12.9. The summed E-state index contributed by atoms with van der Waals surface area (Å²) in [6.45, 7) is 0. The molecule has 0 bridgehead atoms. The third kappa shape index (κ3) is 2.80. The number of benzene rings is 2. The van der Waals surface area contributed by atoms with Crippen LogP contribution in [0.3, 0.4) is 0 Å². The normalized spacial score (nSPS) is 10.8. The van der Waals surface area contributed by atoms with E-state index in [1.54, 1.807) is 37.1 Å². The van der Waals surface area contributed by atoms with E-state index in [1.807, 2.05) is 30.3 Å². The first kappa shape index (κ1) is 14.5. The Bertz CT molecular complexity index is 811. The SMILES string of the molecule is COc1ccc2oc(CSc3ccccc3)c(C(N)=O)c2c1. The van der Waals surface area contributed by atoms with Crippen molar-refractivity contribution in [3.63, 3.8) is 0 Å². The standard InChI is InChI=1S/C17H15NO3S/c1-20-11-7-8-14-13(9-11)16(17(18)19)15(21-14)10-22-12-5-3-2-4-6-12/h2-9H,10H2,1H3,(H2,18,19). The average Bonchev–Trinajstić information content (AvgIpc) is 2.91. The number of furan rings is 1. The highest BCUT2D eigenvalue weighted by atomic mass is 32.2. The van der Waals surface area contributed by atoms with Crippen LogP contribution >= 0.6 is 11.8 Å². The first-order chi connectivity index (χ1) is 10.7. The van der Waals surface area contributed by atoms with Crippen LogP contribution in [0.1, 0.15) is 16.1 Å². The highest BCUT2D eigenvalue weighted by molar-refractivity contribution is 7.98. The number of ether oxygens (including phenoxy) is 1. The Morgan fingerprint density at radius 3 is 2.68 bits per heavy atom. The molecule has 2 N–H and O–H groups in total. The minimum absolute atomic E-state index is 0.428. The largest absolute Gasteiger partial charge is 0.497 e. The van der Waals surface area contributed by atoms with E-state index < -0.39 is 5.91 Å². The Labute approximate surface area is 132 Å². The highest BCUT2D eigenvalue weighted by Gasteiger charge is 2.19. The van der Waals surface area contributed by atoms with Gasteiger partial charge >= 0.3 is 0 Å². The Morgan fingerprint density at radius 1 is 1.23 bits per heavy atom. The third-order valence-electron chi connectivity index (χ3n) is 3.33. The fourth-order valence-corrected chi connectivity index (χ4v) is 3.14. The van der Waals surface area contributed by atoms with Gasteiger partial charge in [-0.2, -0.15) is 0 Å². The van der Waals surface area contributed by atoms with E-state index in [2.05, 4.69) is 0 Å². The van der Waals surface area contributed by atoms with Crippen molar-refractivity contribution in [3.8, 4) is 5.75 Å². The van der Waals surface area contributed by atoms with Gasteiger partial charge in [0.15, 0.2) is 0 Å². The van der Waals surface area contributed by atoms with Crippen LogP contribution in [0.25, 0.3) is 11.0 Å². The second-order valence-corrected chi connectivity index (χ2v) is 5.78. The lowest BCUT2D eigenvalue weighted by molar-refractivity contribution is 0.1000. The van der Waals surface area contributed by atoms with Gasteiger partial charge in [-0.05, 0) is 30.3 Å². The summed E-state index contributed by atoms with van der Waals surface area (Å²) < 4.78 is 11.0. The molecule has 3 aromatic rings. The summed E-state index contributed by atoms with van der Waals surface area (Å²) in [5, 5.41) is 0.690. The summed E-state index contributed by atoms with van der Waals surface area (Å²) in [7, 11) is 1.58. The van der Waals surface area contributed by atoms with Gasteiger partial charge in [0, 0.05) is 10.3 Å². The van der Waals surface area contributed by atoms with E-state index in [0.717, 1.165) is 4.90 Å². The van der Waals surface area contributed by atoms with Crippen LogP contribution in [0.5, 0.6) is 5.75 Å². The van der Waals surface area contributed by atoms with Crippen LogP contribution in [0.2, 0.25) is 0 Å². The van der Waals surface area contributed by atoms with Gasteiger partial charge in [0.25, 0.3) is 5.91 Å². The number of fused-ring (bicyclic) bond motifs is 1. The lowest BCUT2D eigenvalue weighted by Crippen LogP contribution is -2.12. The number of amides is 1. The molecule has 1 amide bonds. The number of methoxy groups -OCH3 is 1. The lowest BCUT2D eigenvalue weighted by Gasteiger charge is -2.01. The fraction of sp³-hybridized carbons (Fsp3) is 0.118. The molecule has 0 fully saturated rings. The molecule has 3 rings (SSSR count). The molecule has 0 unspecified atom stereocenters. The van der Waals surface area contributed by atoms with Crippen molar-refractivity contribution in [2.75, 3.05) is 7.11 Å². The van der Waals surface area contributed by atoms with E-state index in [1.165, 1.54) is 0 Å². The quantitative estimate of drug-likeness (QED) is 0.727. The van der Waals surface area contributed by atoms with Crippen LogP contribution in [-0.2, 0) is 5.75 Å².